The van der Waals surface area contributed by atoms with Gasteiger partial charge < -0.3 is 15.2 Å². The summed E-state index contributed by atoms with van der Waals surface area (Å²) in [6.07, 6.45) is 0.538. The van der Waals surface area contributed by atoms with Gasteiger partial charge in [-0.25, -0.2) is 9.78 Å². The van der Waals surface area contributed by atoms with E-state index in [4.69, 9.17) is 9.84 Å². The Balaban J connectivity index is 1.95. The van der Waals surface area contributed by atoms with Gasteiger partial charge in [0.1, 0.15) is 11.4 Å². The van der Waals surface area contributed by atoms with Gasteiger partial charge in [0.05, 0.1) is 17.7 Å². The molecule has 0 radical (unpaired) electrons. The topological polar surface area (TPSA) is 88.5 Å². The lowest BCUT2D eigenvalue weighted by atomic mass is 10.1. The molecule has 6 nitrogen and oxygen atoms in total. The molecule has 2 rings (SSSR count). The summed E-state index contributed by atoms with van der Waals surface area (Å²) in [6, 6.07) is 4.71. The number of nitrogens with zero attached hydrogens (tertiary/aromatic N) is 1. The minimum absolute atomic E-state index is 0.170. The number of carboxylic acid groups (broad SMARTS) is 1. The van der Waals surface area contributed by atoms with E-state index in [1.165, 1.54) is 30.6 Å². The van der Waals surface area contributed by atoms with Crippen LogP contribution < -0.4 is 10.1 Å². The molecule has 1 heterocycles. The van der Waals surface area contributed by atoms with Crippen molar-refractivity contribution in [3.63, 3.8) is 0 Å². The predicted molar refractivity (Wildman–Crippen MR) is 92.2 cm³/mol. The Bertz CT molecular complexity index is 740. The monoisotopic (exact) mass is 348 g/mol. The summed E-state index contributed by atoms with van der Waals surface area (Å²) in [6.45, 7) is 4.48. The van der Waals surface area contributed by atoms with Crippen molar-refractivity contribution in [3.05, 3.63) is 45.4 Å². The number of benzene rings is 1. The van der Waals surface area contributed by atoms with Gasteiger partial charge in [-0.05, 0) is 24.1 Å². The molecule has 1 aromatic carbocycles. The number of carbonyl (C=O) groups excluding carboxylic acids is 1. The second kappa shape index (κ2) is 7.92. The fourth-order valence-electron chi connectivity index (χ4n) is 2.14. The van der Waals surface area contributed by atoms with Crippen LogP contribution >= 0.6 is 11.3 Å². The van der Waals surface area contributed by atoms with E-state index in [1.807, 2.05) is 13.8 Å². The molecule has 1 amide bonds. The Labute approximate surface area is 144 Å². The number of aromatic carboxylic acids is 1. The van der Waals surface area contributed by atoms with Crippen LogP contribution in [0.1, 0.15) is 51.2 Å². The second-order valence-corrected chi connectivity index (χ2v) is 6.45. The van der Waals surface area contributed by atoms with Gasteiger partial charge in [0, 0.05) is 17.8 Å². The molecule has 0 saturated carbocycles. The first-order valence-corrected chi connectivity index (χ1v) is 8.44. The molecule has 24 heavy (non-hydrogen) atoms. The van der Waals surface area contributed by atoms with Crippen LogP contribution in [0.3, 0.4) is 0 Å². The van der Waals surface area contributed by atoms with Crippen LogP contribution in [0.25, 0.3) is 0 Å². The SMILES string of the molecule is COc1cc(C(=O)O)ccc1CCNC(=O)c1csc(C(C)C)n1. The zero-order chi connectivity index (χ0) is 17.7. The number of hydrogen-bond acceptors (Lipinski definition) is 5. The number of methoxy groups -OCH3 is 1. The molecular weight excluding hydrogens is 328 g/mol. The summed E-state index contributed by atoms with van der Waals surface area (Å²) in [4.78, 5) is 27.4. The van der Waals surface area contributed by atoms with E-state index in [0.717, 1.165) is 10.6 Å². The van der Waals surface area contributed by atoms with Gasteiger partial charge in [-0.2, -0.15) is 0 Å². The lowest BCUT2D eigenvalue weighted by Gasteiger charge is -2.10. The van der Waals surface area contributed by atoms with Crippen LogP contribution in [0.5, 0.6) is 5.75 Å². The minimum Gasteiger partial charge on any atom is -0.496 e. The van der Waals surface area contributed by atoms with Crippen LogP contribution in [0.4, 0.5) is 0 Å². The first kappa shape index (κ1) is 17.9. The van der Waals surface area contributed by atoms with Crippen molar-refractivity contribution < 1.29 is 19.4 Å². The highest BCUT2D eigenvalue weighted by atomic mass is 32.1. The smallest absolute Gasteiger partial charge is 0.335 e. The molecule has 0 aliphatic heterocycles. The zero-order valence-corrected chi connectivity index (χ0v) is 14.6. The fourth-order valence-corrected chi connectivity index (χ4v) is 2.96. The molecule has 128 valence electrons. The Morgan fingerprint density at radius 3 is 2.71 bits per heavy atom. The van der Waals surface area contributed by atoms with Crippen LogP contribution in [0, 0.1) is 0 Å². The van der Waals surface area contributed by atoms with Gasteiger partial charge in [0.2, 0.25) is 0 Å². The molecular formula is C17H20N2O4S. The van der Waals surface area contributed by atoms with Crippen LogP contribution in [0.15, 0.2) is 23.6 Å². The Morgan fingerprint density at radius 2 is 2.12 bits per heavy atom. The summed E-state index contributed by atoms with van der Waals surface area (Å²) in [7, 11) is 1.49. The molecule has 7 heteroatoms. The molecule has 0 saturated heterocycles. The third kappa shape index (κ3) is 4.32. The van der Waals surface area contributed by atoms with Gasteiger partial charge in [-0.3, -0.25) is 4.79 Å². The molecule has 2 N–H and O–H groups in total. The number of ether oxygens (including phenoxy) is 1. The summed E-state index contributed by atoms with van der Waals surface area (Å²) in [5.74, 6) is -0.412. The van der Waals surface area contributed by atoms with Crippen molar-refractivity contribution in [2.45, 2.75) is 26.2 Å². The van der Waals surface area contributed by atoms with Crippen LogP contribution in [-0.2, 0) is 6.42 Å². The lowest BCUT2D eigenvalue weighted by molar-refractivity contribution is 0.0696. The molecule has 0 bridgehead atoms. The number of rotatable bonds is 7. The van der Waals surface area contributed by atoms with E-state index < -0.39 is 5.97 Å². The maximum absolute atomic E-state index is 12.1. The number of carbonyl (C=O) groups is 2. The lowest BCUT2D eigenvalue weighted by Crippen LogP contribution is -2.26. The van der Waals surface area contributed by atoms with Gasteiger partial charge in [0.25, 0.3) is 5.91 Å². The highest BCUT2D eigenvalue weighted by Crippen LogP contribution is 2.21. The molecule has 2 aromatic rings. The third-order valence-corrected chi connectivity index (χ3v) is 4.61. The number of thiazole rings is 1. The average Bonchev–Trinajstić information content (AvgIpc) is 3.05. The van der Waals surface area contributed by atoms with E-state index in [-0.39, 0.29) is 11.5 Å². The number of hydrogen-bond donors (Lipinski definition) is 2. The van der Waals surface area contributed by atoms with E-state index in [0.29, 0.717) is 30.3 Å². The summed E-state index contributed by atoms with van der Waals surface area (Å²) in [5, 5.41) is 14.5. The van der Waals surface area contributed by atoms with Gasteiger partial charge in [-0.1, -0.05) is 19.9 Å². The maximum atomic E-state index is 12.1. The number of carboxylic acids is 1. The normalized spacial score (nSPS) is 10.7. The van der Waals surface area contributed by atoms with E-state index in [1.54, 1.807) is 11.4 Å². The first-order valence-electron chi connectivity index (χ1n) is 7.56. The molecule has 0 fully saturated rings. The molecule has 1 aromatic heterocycles. The molecule has 0 aliphatic carbocycles. The van der Waals surface area contributed by atoms with Crippen molar-refractivity contribution in [1.82, 2.24) is 10.3 Å². The summed E-state index contributed by atoms with van der Waals surface area (Å²) >= 11 is 1.48. The van der Waals surface area contributed by atoms with E-state index in [2.05, 4.69) is 10.3 Å². The first-order chi connectivity index (χ1) is 11.4. The van der Waals surface area contributed by atoms with Crippen molar-refractivity contribution in [2.75, 3.05) is 13.7 Å². The molecule has 0 unspecified atom stereocenters. The number of amides is 1. The highest BCUT2D eigenvalue weighted by molar-refractivity contribution is 7.09. The molecule has 0 spiro atoms. The number of aromatic nitrogens is 1. The van der Waals surface area contributed by atoms with Crippen LogP contribution in [0.2, 0.25) is 0 Å². The van der Waals surface area contributed by atoms with Crippen molar-refractivity contribution in [1.29, 1.82) is 0 Å². The summed E-state index contributed by atoms with van der Waals surface area (Å²) < 4.78 is 5.22. The van der Waals surface area contributed by atoms with E-state index >= 15 is 0 Å². The fraction of sp³-hybridized carbons (Fsp3) is 0.353. The predicted octanol–water partition coefficient (Wildman–Crippen LogP) is 2.95. The van der Waals surface area contributed by atoms with Crippen LogP contribution in [-0.4, -0.2) is 35.6 Å². The maximum Gasteiger partial charge on any atom is 0.335 e. The second-order valence-electron chi connectivity index (χ2n) is 5.56. The highest BCUT2D eigenvalue weighted by Gasteiger charge is 2.13. The zero-order valence-electron chi connectivity index (χ0n) is 13.8. The largest absolute Gasteiger partial charge is 0.496 e. The Morgan fingerprint density at radius 1 is 1.38 bits per heavy atom. The van der Waals surface area contributed by atoms with Gasteiger partial charge in [-0.15, -0.1) is 11.3 Å². The third-order valence-electron chi connectivity index (χ3n) is 3.46. The van der Waals surface area contributed by atoms with Gasteiger partial charge >= 0.3 is 5.97 Å². The number of nitrogens with one attached hydrogen (secondary N) is 1. The molecule has 0 atom stereocenters. The van der Waals surface area contributed by atoms with Crippen molar-refractivity contribution in [2.24, 2.45) is 0 Å². The summed E-state index contributed by atoms with van der Waals surface area (Å²) in [5.41, 5.74) is 1.43. The van der Waals surface area contributed by atoms with Crippen molar-refractivity contribution in [3.8, 4) is 5.75 Å². The Hall–Kier alpha value is -2.41. The Kier molecular flexibility index (Phi) is 5.92. The average molecular weight is 348 g/mol. The standard InChI is InChI=1S/C17H20N2O4S/c1-10(2)16-19-13(9-24-16)15(20)18-7-6-11-4-5-12(17(21)22)8-14(11)23-3/h4-5,8-10H,6-7H2,1-3H3,(H,18,20)(H,21,22). The molecule has 0 aliphatic rings. The van der Waals surface area contributed by atoms with Crippen molar-refractivity contribution >= 4 is 23.2 Å². The quantitative estimate of drug-likeness (QED) is 0.803. The van der Waals surface area contributed by atoms with Gasteiger partial charge in [0.15, 0.2) is 0 Å². The minimum atomic E-state index is -1.00. The van der Waals surface area contributed by atoms with E-state index in [9.17, 15) is 9.59 Å².